The Balaban J connectivity index is 2.61. The SMILES string of the molecule is CC(C)c1nc(-c2ccc(F)cc2Cl)c(N)n1C. The van der Waals surface area contributed by atoms with Gasteiger partial charge < -0.3 is 10.3 Å². The number of anilines is 1. The number of nitrogens with two attached hydrogens (primary N) is 1. The molecule has 0 bridgehead atoms. The molecule has 0 saturated carbocycles. The quantitative estimate of drug-likeness (QED) is 0.904. The fourth-order valence-corrected chi connectivity index (χ4v) is 2.18. The van der Waals surface area contributed by atoms with Crippen LogP contribution in [0.5, 0.6) is 0 Å². The average Bonchev–Trinajstić information content (AvgIpc) is 2.57. The van der Waals surface area contributed by atoms with Crippen molar-refractivity contribution in [1.82, 2.24) is 9.55 Å². The van der Waals surface area contributed by atoms with Gasteiger partial charge in [0.05, 0.1) is 5.02 Å². The van der Waals surface area contributed by atoms with E-state index >= 15 is 0 Å². The van der Waals surface area contributed by atoms with E-state index in [9.17, 15) is 4.39 Å². The van der Waals surface area contributed by atoms with Crippen molar-refractivity contribution >= 4 is 17.4 Å². The largest absolute Gasteiger partial charge is 0.383 e. The fraction of sp³-hybridized carbons (Fsp3) is 0.308. The first-order valence-corrected chi connectivity index (χ1v) is 6.07. The minimum Gasteiger partial charge on any atom is -0.383 e. The molecule has 0 amide bonds. The Morgan fingerprint density at radius 1 is 1.39 bits per heavy atom. The highest BCUT2D eigenvalue weighted by Crippen LogP contribution is 2.33. The van der Waals surface area contributed by atoms with Gasteiger partial charge in [0.2, 0.25) is 0 Å². The maximum absolute atomic E-state index is 13.0. The highest BCUT2D eigenvalue weighted by atomic mass is 35.5. The number of nitrogen functional groups attached to an aromatic ring is 1. The highest BCUT2D eigenvalue weighted by molar-refractivity contribution is 6.33. The Bertz CT molecular complexity index is 590. The van der Waals surface area contributed by atoms with Gasteiger partial charge in [-0.1, -0.05) is 25.4 Å². The van der Waals surface area contributed by atoms with Crippen LogP contribution in [0.25, 0.3) is 11.3 Å². The molecule has 0 aliphatic heterocycles. The Morgan fingerprint density at radius 3 is 2.56 bits per heavy atom. The second-order valence-corrected chi connectivity index (χ2v) is 4.95. The van der Waals surface area contributed by atoms with Gasteiger partial charge in [0.25, 0.3) is 0 Å². The Labute approximate surface area is 110 Å². The molecule has 2 rings (SSSR count). The van der Waals surface area contributed by atoms with Crippen LogP contribution in [0.15, 0.2) is 18.2 Å². The van der Waals surface area contributed by atoms with Crippen LogP contribution >= 0.6 is 11.6 Å². The molecule has 0 fully saturated rings. The number of nitrogens with zero attached hydrogens (tertiary/aromatic N) is 2. The molecule has 96 valence electrons. The summed E-state index contributed by atoms with van der Waals surface area (Å²) in [6.07, 6.45) is 0. The topological polar surface area (TPSA) is 43.8 Å². The molecule has 3 nitrogen and oxygen atoms in total. The molecule has 0 radical (unpaired) electrons. The number of hydrogen-bond donors (Lipinski definition) is 1. The van der Waals surface area contributed by atoms with Gasteiger partial charge in [0.1, 0.15) is 23.2 Å². The molecule has 2 aromatic rings. The van der Waals surface area contributed by atoms with Crippen molar-refractivity contribution in [3.8, 4) is 11.3 Å². The lowest BCUT2D eigenvalue weighted by molar-refractivity contribution is 0.628. The van der Waals surface area contributed by atoms with Crippen molar-refractivity contribution in [1.29, 1.82) is 0 Å². The van der Waals surface area contributed by atoms with Gasteiger partial charge in [-0.2, -0.15) is 0 Å². The summed E-state index contributed by atoms with van der Waals surface area (Å²) in [6, 6.07) is 4.21. The summed E-state index contributed by atoms with van der Waals surface area (Å²) < 4.78 is 14.9. The molecule has 0 saturated heterocycles. The van der Waals surface area contributed by atoms with Crippen molar-refractivity contribution in [2.24, 2.45) is 7.05 Å². The van der Waals surface area contributed by atoms with Gasteiger partial charge >= 0.3 is 0 Å². The van der Waals surface area contributed by atoms with Crippen LogP contribution in [-0.2, 0) is 7.05 Å². The molecular formula is C13H15ClFN3. The third-order valence-corrected chi connectivity index (χ3v) is 3.19. The first kappa shape index (κ1) is 12.9. The molecule has 1 heterocycles. The Hall–Kier alpha value is -1.55. The van der Waals surface area contributed by atoms with Gasteiger partial charge in [-0.25, -0.2) is 9.37 Å². The molecule has 0 unspecified atom stereocenters. The van der Waals surface area contributed by atoms with E-state index in [2.05, 4.69) is 4.98 Å². The van der Waals surface area contributed by atoms with E-state index in [4.69, 9.17) is 17.3 Å². The van der Waals surface area contributed by atoms with Crippen LogP contribution in [0, 0.1) is 5.82 Å². The van der Waals surface area contributed by atoms with Gasteiger partial charge in [0.15, 0.2) is 0 Å². The third kappa shape index (κ3) is 2.08. The standard InChI is InChI=1S/C13H15ClFN3/c1-7(2)13-17-11(12(16)18(13)3)9-5-4-8(15)6-10(9)14/h4-7H,16H2,1-3H3. The van der Waals surface area contributed by atoms with Crippen LogP contribution in [0.1, 0.15) is 25.6 Å². The lowest BCUT2D eigenvalue weighted by Crippen LogP contribution is -2.02. The normalized spacial score (nSPS) is 11.2. The maximum Gasteiger partial charge on any atom is 0.131 e. The van der Waals surface area contributed by atoms with Gasteiger partial charge in [-0.05, 0) is 18.2 Å². The second-order valence-electron chi connectivity index (χ2n) is 4.54. The predicted molar refractivity (Wildman–Crippen MR) is 72.1 cm³/mol. The lowest BCUT2D eigenvalue weighted by Gasteiger charge is -2.04. The summed E-state index contributed by atoms with van der Waals surface area (Å²) in [5.41, 5.74) is 7.28. The third-order valence-electron chi connectivity index (χ3n) is 2.88. The molecule has 0 spiro atoms. The summed E-state index contributed by atoms with van der Waals surface area (Å²) >= 11 is 6.03. The number of rotatable bonds is 2. The molecule has 0 atom stereocenters. The van der Waals surface area contributed by atoms with Crippen molar-refractivity contribution in [3.05, 3.63) is 34.9 Å². The maximum atomic E-state index is 13.0. The number of aromatic nitrogens is 2. The van der Waals surface area contributed by atoms with Crippen LogP contribution in [0.4, 0.5) is 10.2 Å². The highest BCUT2D eigenvalue weighted by Gasteiger charge is 2.17. The molecule has 0 aliphatic carbocycles. The molecule has 0 aliphatic rings. The van der Waals surface area contributed by atoms with E-state index in [0.717, 1.165) is 5.82 Å². The minimum absolute atomic E-state index is 0.255. The minimum atomic E-state index is -0.373. The average molecular weight is 268 g/mol. The van der Waals surface area contributed by atoms with Crippen LogP contribution in [-0.4, -0.2) is 9.55 Å². The van der Waals surface area contributed by atoms with E-state index < -0.39 is 0 Å². The number of benzene rings is 1. The number of imidazole rings is 1. The lowest BCUT2D eigenvalue weighted by atomic mass is 10.1. The van der Waals surface area contributed by atoms with Crippen molar-refractivity contribution in [2.75, 3.05) is 5.73 Å². The molecule has 1 aromatic carbocycles. The smallest absolute Gasteiger partial charge is 0.131 e. The zero-order valence-corrected chi connectivity index (χ0v) is 11.3. The molecule has 2 N–H and O–H groups in total. The van der Waals surface area contributed by atoms with E-state index in [1.807, 2.05) is 25.5 Å². The van der Waals surface area contributed by atoms with Crippen molar-refractivity contribution < 1.29 is 4.39 Å². The van der Waals surface area contributed by atoms with Crippen LogP contribution < -0.4 is 5.73 Å². The van der Waals surface area contributed by atoms with E-state index in [-0.39, 0.29) is 11.7 Å². The summed E-state index contributed by atoms with van der Waals surface area (Å²) in [6.45, 7) is 4.08. The zero-order chi connectivity index (χ0) is 13.4. The van der Waals surface area contributed by atoms with Gasteiger partial charge in [-0.15, -0.1) is 0 Å². The number of halogens is 2. The monoisotopic (exact) mass is 267 g/mol. The Kier molecular flexibility index (Phi) is 3.30. The van der Waals surface area contributed by atoms with E-state index in [1.165, 1.54) is 12.1 Å². The first-order chi connectivity index (χ1) is 8.41. The molecule has 5 heteroatoms. The first-order valence-electron chi connectivity index (χ1n) is 5.69. The fourth-order valence-electron chi connectivity index (χ4n) is 1.93. The second kappa shape index (κ2) is 4.61. The van der Waals surface area contributed by atoms with Crippen molar-refractivity contribution in [2.45, 2.75) is 19.8 Å². The summed E-state index contributed by atoms with van der Waals surface area (Å²) in [7, 11) is 1.86. The van der Waals surface area contributed by atoms with Gasteiger partial charge in [0, 0.05) is 18.5 Å². The Morgan fingerprint density at radius 2 is 2.06 bits per heavy atom. The molecule has 18 heavy (non-hydrogen) atoms. The summed E-state index contributed by atoms with van der Waals surface area (Å²) in [4.78, 5) is 4.50. The predicted octanol–water partition coefficient (Wildman–Crippen LogP) is 3.59. The number of hydrogen-bond acceptors (Lipinski definition) is 2. The summed E-state index contributed by atoms with van der Waals surface area (Å²) in [5.74, 6) is 1.29. The van der Waals surface area contributed by atoms with E-state index in [1.54, 1.807) is 6.07 Å². The molecular weight excluding hydrogens is 253 g/mol. The van der Waals surface area contributed by atoms with Crippen LogP contribution in [0.2, 0.25) is 5.02 Å². The summed E-state index contributed by atoms with van der Waals surface area (Å²) in [5, 5.41) is 0.315. The van der Waals surface area contributed by atoms with Gasteiger partial charge in [-0.3, -0.25) is 0 Å². The zero-order valence-electron chi connectivity index (χ0n) is 10.5. The van der Waals surface area contributed by atoms with E-state index in [0.29, 0.717) is 22.1 Å². The van der Waals surface area contributed by atoms with Crippen molar-refractivity contribution in [3.63, 3.8) is 0 Å². The van der Waals surface area contributed by atoms with Crippen LogP contribution in [0.3, 0.4) is 0 Å². The molecule has 1 aromatic heterocycles.